The van der Waals surface area contributed by atoms with Crippen LogP contribution in [0.5, 0.6) is 0 Å². The Balaban J connectivity index is 1.87. The molecule has 3 aromatic rings. The first-order chi connectivity index (χ1) is 11.5. The third-order valence-electron chi connectivity index (χ3n) is 3.30. The van der Waals surface area contributed by atoms with Gasteiger partial charge < -0.3 is 5.32 Å². The van der Waals surface area contributed by atoms with Crippen molar-refractivity contribution < 1.29 is 14.1 Å². The van der Waals surface area contributed by atoms with E-state index in [1.165, 1.54) is 35.6 Å². The molecule has 0 spiro atoms. The molecular formula is C16H11FN2O3S2. The Morgan fingerprint density at radius 3 is 2.50 bits per heavy atom. The molecule has 122 valence electrons. The predicted octanol–water partition coefficient (Wildman–Crippen LogP) is 4.38. The van der Waals surface area contributed by atoms with Crippen molar-refractivity contribution >= 4 is 33.6 Å². The molecule has 24 heavy (non-hydrogen) atoms. The molecule has 1 atom stereocenters. The Labute approximate surface area is 144 Å². The smallest absolute Gasteiger partial charge is 0.324 e. The molecule has 8 heteroatoms. The van der Waals surface area contributed by atoms with Gasteiger partial charge >= 0.3 is 5.00 Å². The van der Waals surface area contributed by atoms with Gasteiger partial charge in [0.15, 0.2) is 0 Å². The fourth-order valence-corrected chi connectivity index (χ4v) is 3.71. The number of nitrogens with zero attached hydrogens (tertiary/aromatic N) is 1. The van der Waals surface area contributed by atoms with Gasteiger partial charge in [-0.15, -0.1) is 11.3 Å². The number of benzene rings is 1. The molecule has 0 saturated heterocycles. The summed E-state index contributed by atoms with van der Waals surface area (Å²) in [4.78, 5) is 23.8. The van der Waals surface area contributed by atoms with Crippen molar-refractivity contribution in [2.24, 2.45) is 0 Å². The van der Waals surface area contributed by atoms with Crippen molar-refractivity contribution in [3.63, 3.8) is 0 Å². The maximum atomic E-state index is 13.2. The summed E-state index contributed by atoms with van der Waals surface area (Å²) in [6.45, 7) is 0. The molecule has 3 rings (SSSR count). The second-order valence-electron chi connectivity index (χ2n) is 4.87. The lowest BCUT2D eigenvalue weighted by atomic mass is 10.1. The average molecular weight is 362 g/mol. The van der Waals surface area contributed by atoms with Crippen LogP contribution in [0.25, 0.3) is 0 Å². The molecule has 0 bridgehead atoms. The number of carbonyl (C=O) groups excluding carboxylic acids is 1. The van der Waals surface area contributed by atoms with Crippen LogP contribution in [0.4, 0.5) is 9.39 Å². The van der Waals surface area contributed by atoms with Crippen LogP contribution in [-0.2, 0) is 0 Å². The van der Waals surface area contributed by atoms with Gasteiger partial charge in [-0.2, -0.15) is 0 Å². The lowest BCUT2D eigenvalue weighted by molar-refractivity contribution is -0.380. The lowest BCUT2D eigenvalue weighted by Gasteiger charge is -2.17. The first-order valence-electron chi connectivity index (χ1n) is 6.88. The highest BCUT2D eigenvalue weighted by molar-refractivity contribution is 7.17. The maximum Gasteiger partial charge on any atom is 0.324 e. The molecule has 0 saturated carbocycles. The highest BCUT2D eigenvalue weighted by Crippen LogP contribution is 2.28. The van der Waals surface area contributed by atoms with Gasteiger partial charge in [0.05, 0.1) is 15.8 Å². The van der Waals surface area contributed by atoms with E-state index in [4.69, 9.17) is 0 Å². The fraction of sp³-hybridized carbons (Fsp3) is 0.0625. The summed E-state index contributed by atoms with van der Waals surface area (Å²) in [5.74, 6) is -0.764. The fourth-order valence-electron chi connectivity index (χ4n) is 2.18. The van der Waals surface area contributed by atoms with Crippen molar-refractivity contribution in [3.05, 3.63) is 85.2 Å². The van der Waals surface area contributed by atoms with Gasteiger partial charge in [0.1, 0.15) is 5.82 Å². The second kappa shape index (κ2) is 6.90. The summed E-state index contributed by atoms with van der Waals surface area (Å²) in [5.41, 5.74) is 0.734. The molecule has 0 fully saturated rings. The normalized spacial score (nSPS) is 11.9. The number of halogens is 1. The van der Waals surface area contributed by atoms with E-state index in [0.29, 0.717) is 0 Å². The van der Waals surface area contributed by atoms with Gasteiger partial charge in [0.2, 0.25) is 0 Å². The minimum absolute atomic E-state index is 0.0883. The second-order valence-corrected chi connectivity index (χ2v) is 6.91. The van der Waals surface area contributed by atoms with Crippen LogP contribution in [0.3, 0.4) is 0 Å². The number of amides is 1. The van der Waals surface area contributed by atoms with E-state index in [1.807, 2.05) is 17.5 Å². The molecular weight excluding hydrogens is 351 g/mol. The van der Waals surface area contributed by atoms with Gasteiger partial charge in [-0.05, 0) is 35.2 Å². The van der Waals surface area contributed by atoms with Gasteiger partial charge in [-0.25, -0.2) is 4.39 Å². The zero-order chi connectivity index (χ0) is 17.1. The number of nitro groups is 1. The van der Waals surface area contributed by atoms with Gasteiger partial charge in [-0.3, -0.25) is 14.9 Å². The molecule has 1 aromatic carbocycles. The van der Waals surface area contributed by atoms with Crippen molar-refractivity contribution in [1.82, 2.24) is 5.32 Å². The summed E-state index contributed by atoms with van der Waals surface area (Å²) >= 11 is 2.28. The zero-order valence-electron chi connectivity index (χ0n) is 12.1. The zero-order valence-corrected chi connectivity index (χ0v) is 13.8. The van der Waals surface area contributed by atoms with Crippen molar-refractivity contribution in [2.75, 3.05) is 0 Å². The first-order valence-corrected chi connectivity index (χ1v) is 8.58. The molecule has 2 heterocycles. The minimum atomic E-state index is -0.530. The van der Waals surface area contributed by atoms with Crippen LogP contribution in [0.15, 0.2) is 53.9 Å². The number of nitrogens with one attached hydrogen (secondary N) is 1. The monoisotopic (exact) mass is 362 g/mol. The van der Waals surface area contributed by atoms with Gasteiger partial charge in [0.25, 0.3) is 5.91 Å². The van der Waals surface area contributed by atoms with E-state index < -0.39 is 16.9 Å². The van der Waals surface area contributed by atoms with E-state index in [1.54, 1.807) is 12.1 Å². The average Bonchev–Trinajstić information content (AvgIpc) is 3.25. The van der Waals surface area contributed by atoms with Gasteiger partial charge in [-0.1, -0.05) is 29.5 Å². The number of hydrogen-bond acceptors (Lipinski definition) is 5. The summed E-state index contributed by atoms with van der Waals surface area (Å²) in [5, 5.41) is 15.4. The Bertz CT molecular complexity index is 860. The first kappa shape index (κ1) is 16.3. The molecule has 1 N–H and O–H groups in total. The summed E-state index contributed by atoms with van der Waals surface area (Å²) in [6.07, 6.45) is 0. The van der Waals surface area contributed by atoms with Crippen molar-refractivity contribution in [1.29, 1.82) is 0 Å². The molecule has 1 amide bonds. The van der Waals surface area contributed by atoms with Crippen molar-refractivity contribution in [2.45, 2.75) is 6.04 Å². The SMILES string of the molecule is O=C(NC(c1ccc(F)cc1)c1cccs1)c1ccc([N+](=O)[O-])s1. The van der Waals surface area contributed by atoms with Crippen LogP contribution >= 0.6 is 22.7 Å². The number of rotatable bonds is 5. The summed E-state index contributed by atoms with van der Waals surface area (Å²) in [7, 11) is 0. The molecule has 0 aliphatic rings. The predicted molar refractivity (Wildman–Crippen MR) is 91.0 cm³/mol. The highest BCUT2D eigenvalue weighted by Gasteiger charge is 2.21. The Hall–Kier alpha value is -2.58. The Morgan fingerprint density at radius 1 is 1.17 bits per heavy atom. The molecule has 5 nitrogen and oxygen atoms in total. The Kier molecular flexibility index (Phi) is 4.68. The van der Waals surface area contributed by atoms with Crippen LogP contribution in [0.1, 0.15) is 26.2 Å². The third-order valence-corrected chi connectivity index (χ3v) is 5.27. The van der Waals surface area contributed by atoms with Gasteiger partial charge in [0, 0.05) is 10.9 Å². The van der Waals surface area contributed by atoms with E-state index in [-0.39, 0.29) is 15.7 Å². The van der Waals surface area contributed by atoms with Crippen LogP contribution in [0.2, 0.25) is 0 Å². The largest absolute Gasteiger partial charge is 0.340 e. The lowest BCUT2D eigenvalue weighted by Crippen LogP contribution is -2.28. The minimum Gasteiger partial charge on any atom is -0.340 e. The van der Waals surface area contributed by atoms with E-state index in [9.17, 15) is 19.3 Å². The van der Waals surface area contributed by atoms with Crippen LogP contribution in [-0.4, -0.2) is 10.8 Å². The third kappa shape index (κ3) is 3.50. The van der Waals surface area contributed by atoms with E-state index >= 15 is 0 Å². The van der Waals surface area contributed by atoms with E-state index in [2.05, 4.69) is 5.32 Å². The molecule has 0 aliphatic carbocycles. The number of carbonyl (C=O) groups is 1. The molecule has 0 aliphatic heterocycles. The Morgan fingerprint density at radius 2 is 1.92 bits per heavy atom. The summed E-state index contributed by atoms with van der Waals surface area (Å²) in [6, 6.07) is 11.9. The van der Waals surface area contributed by atoms with Crippen LogP contribution < -0.4 is 5.32 Å². The number of thiophene rings is 2. The highest BCUT2D eigenvalue weighted by atomic mass is 32.1. The molecule has 2 aromatic heterocycles. The van der Waals surface area contributed by atoms with E-state index in [0.717, 1.165) is 21.8 Å². The summed E-state index contributed by atoms with van der Waals surface area (Å²) < 4.78 is 13.2. The van der Waals surface area contributed by atoms with Crippen LogP contribution in [0, 0.1) is 15.9 Å². The quantitative estimate of drug-likeness (QED) is 0.541. The number of hydrogen-bond donors (Lipinski definition) is 1. The molecule has 1 unspecified atom stereocenters. The van der Waals surface area contributed by atoms with Crippen molar-refractivity contribution in [3.8, 4) is 0 Å². The molecule has 0 radical (unpaired) electrons. The topological polar surface area (TPSA) is 72.2 Å². The standard InChI is InChI=1S/C16H11FN2O3S2/c17-11-5-3-10(4-6-11)15(12-2-1-9-23-12)18-16(20)13-7-8-14(24-13)19(21)22/h1-9,15H,(H,18,20). The maximum absolute atomic E-state index is 13.2.